The minimum Gasteiger partial charge on any atom is -0.316 e. The molecule has 0 radical (unpaired) electrons. The van der Waals surface area contributed by atoms with Crippen molar-refractivity contribution in [3.8, 4) is 0 Å². The maximum Gasteiger partial charge on any atom is 0.0218 e. The van der Waals surface area contributed by atoms with Gasteiger partial charge in [-0.1, -0.05) is 0 Å². The van der Waals surface area contributed by atoms with E-state index in [-0.39, 0.29) is 0 Å². The first kappa shape index (κ1) is 9.01. The minimum atomic E-state index is 0.598. The van der Waals surface area contributed by atoms with Crippen LogP contribution >= 0.6 is 0 Å². The van der Waals surface area contributed by atoms with Crippen molar-refractivity contribution in [3.63, 3.8) is 0 Å². The molecule has 2 atom stereocenters. The molecule has 1 fully saturated rings. The molecule has 0 saturated heterocycles. The summed E-state index contributed by atoms with van der Waals surface area (Å²) in [7, 11) is 4.26. The fraction of sp³-hybridized carbons (Fsp3) is 1.00. The summed E-state index contributed by atoms with van der Waals surface area (Å²) in [5, 5.41) is 3.29. The Morgan fingerprint density at radius 3 is 2.27 bits per heavy atom. The van der Waals surface area contributed by atoms with Crippen LogP contribution in [0.1, 0.15) is 26.7 Å². The van der Waals surface area contributed by atoms with Gasteiger partial charge in [-0.2, -0.15) is 0 Å². The Morgan fingerprint density at radius 1 is 1.36 bits per heavy atom. The van der Waals surface area contributed by atoms with E-state index in [0.29, 0.717) is 12.1 Å². The molecule has 0 aromatic rings. The SMILES string of the molecule is CNC(C)C(C)N(C)C1CC1. The summed E-state index contributed by atoms with van der Waals surface area (Å²) in [6.45, 7) is 4.53. The van der Waals surface area contributed by atoms with Gasteiger partial charge in [-0.3, -0.25) is 4.90 Å². The molecule has 0 aromatic heterocycles. The zero-order chi connectivity index (χ0) is 8.43. The lowest BCUT2D eigenvalue weighted by Gasteiger charge is -2.29. The molecule has 1 rings (SSSR count). The van der Waals surface area contributed by atoms with Crippen molar-refractivity contribution in [2.75, 3.05) is 14.1 Å². The van der Waals surface area contributed by atoms with Crippen LogP contribution in [-0.2, 0) is 0 Å². The molecule has 11 heavy (non-hydrogen) atoms. The van der Waals surface area contributed by atoms with Gasteiger partial charge < -0.3 is 5.32 Å². The molecule has 1 N–H and O–H groups in total. The lowest BCUT2D eigenvalue weighted by atomic mass is 10.1. The normalized spacial score (nSPS) is 23.7. The second-order valence-corrected chi connectivity index (χ2v) is 3.71. The fourth-order valence-corrected chi connectivity index (χ4v) is 1.41. The van der Waals surface area contributed by atoms with Crippen LogP contribution in [0.5, 0.6) is 0 Å². The molecule has 2 nitrogen and oxygen atoms in total. The first-order valence-electron chi connectivity index (χ1n) is 4.56. The molecule has 2 heteroatoms. The molecule has 0 spiro atoms. The summed E-state index contributed by atoms with van der Waals surface area (Å²) in [4.78, 5) is 2.49. The summed E-state index contributed by atoms with van der Waals surface area (Å²) in [5.41, 5.74) is 0. The van der Waals surface area contributed by atoms with Crippen molar-refractivity contribution in [2.45, 2.75) is 44.8 Å². The second-order valence-electron chi connectivity index (χ2n) is 3.71. The molecular formula is C9H20N2. The van der Waals surface area contributed by atoms with Crippen LogP contribution in [0.3, 0.4) is 0 Å². The molecular weight excluding hydrogens is 136 g/mol. The third-order valence-corrected chi connectivity index (χ3v) is 2.94. The highest BCUT2D eigenvalue weighted by molar-refractivity contribution is 4.88. The van der Waals surface area contributed by atoms with Crippen LogP contribution in [-0.4, -0.2) is 37.1 Å². The predicted octanol–water partition coefficient (Wildman–Crippen LogP) is 1.08. The van der Waals surface area contributed by atoms with Crippen molar-refractivity contribution in [1.82, 2.24) is 10.2 Å². The molecule has 1 aliphatic rings. The third kappa shape index (κ3) is 2.17. The van der Waals surface area contributed by atoms with Crippen LogP contribution in [0.15, 0.2) is 0 Å². The highest BCUT2D eigenvalue weighted by atomic mass is 15.2. The first-order chi connectivity index (χ1) is 5.16. The largest absolute Gasteiger partial charge is 0.316 e. The van der Waals surface area contributed by atoms with E-state index in [2.05, 4.69) is 31.1 Å². The summed E-state index contributed by atoms with van der Waals surface area (Å²) in [6.07, 6.45) is 2.80. The molecule has 0 amide bonds. The number of nitrogens with zero attached hydrogens (tertiary/aromatic N) is 1. The van der Waals surface area contributed by atoms with Gasteiger partial charge in [-0.15, -0.1) is 0 Å². The summed E-state index contributed by atoms with van der Waals surface area (Å²) >= 11 is 0. The average molecular weight is 156 g/mol. The molecule has 0 aromatic carbocycles. The fourth-order valence-electron chi connectivity index (χ4n) is 1.41. The lowest BCUT2D eigenvalue weighted by Crippen LogP contribution is -2.44. The van der Waals surface area contributed by atoms with E-state index in [1.54, 1.807) is 0 Å². The number of hydrogen-bond acceptors (Lipinski definition) is 2. The van der Waals surface area contributed by atoms with E-state index >= 15 is 0 Å². The van der Waals surface area contributed by atoms with Crippen molar-refractivity contribution >= 4 is 0 Å². The van der Waals surface area contributed by atoms with E-state index in [9.17, 15) is 0 Å². The van der Waals surface area contributed by atoms with Crippen LogP contribution in [0.4, 0.5) is 0 Å². The first-order valence-corrected chi connectivity index (χ1v) is 4.56. The number of likely N-dealkylation sites (N-methyl/N-ethyl adjacent to an activating group) is 2. The van der Waals surface area contributed by atoms with Gasteiger partial charge in [0.2, 0.25) is 0 Å². The van der Waals surface area contributed by atoms with Gasteiger partial charge in [-0.05, 0) is 40.8 Å². The zero-order valence-electron chi connectivity index (χ0n) is 8.09. The Balaban J connectivity index is 2.31. The summed E-state index contributed by atoms with van der Waals surface area (Å²) in [6, 6.07) is 2.13. The average Bonchev–Trinajstić information content (AvgIpc) is 2.82. The van der Waals surface area contributed by atoms with Crippen molar-refractivity contribution in [2.24, 2.45) is 0 Å². The van der Waals surface area contributed by atoms with Crippen molar-refractivity contribution in [1.29, 1.82) is 0 Å². The molecule has 1 saturated carbocycles. The van der Waals surface area contributed by atoms with E-state index in [0.717, 1.165) is 6.04 Å². The predicted molar refractivity (Wildman–Crippen MR) is 48.8 cm³/mol. The summed E-state index contributed by atoms with van der Waals surface area (Å²) in [5.74, 6) is 0. The Morgan fingerprint density at radius 2 is 1.91 bits per heavy atom. The van der Waals surface area contributed by atoms with Gasteiger partial charge in [0.1, 0.15) is 0 Å². The molecule has 1 aliphatic carbocycles. The highest BCUT2D eigenvalue weighted by Crippen LogP contribution is 2.27. The van der Waals surface area contributed by atoms with Crippen molar-refractivity contribution in [3.05, 3.63) is 0 Å². The van der Waals surface area contributed by atoms with Crippen molar-refractivity contribution < 1.29 is 0 Å². The highest BCUT2D eigenvalue weighted by Gasteiger charge is 2.30. The van der Waals surface area contributed by atoms with Gasteiger partial charge >= 0.3 is 0 Å². The number of rotatable bonds is 4. The van der Waals surface area contributed by atoms with Crippen LogP contribution in [0.2, 0.25) is 0 Å². The Kier molecular flexibility index (Phi) is 2.90. The number of hydrogen-bond donors (Lipinski definition) is 1. The smallest absolute Gasteiger partial charge is 0.0218 e. The van der Waals surface area contributed by atoms with Crippen LogP contribution < -0.4 is 5.32 Å². The van der Waals surface area contributed by atoms with Gasteiger partial charge in [0, 0.05) is 18.1 Å². The summed E-state index contributed by atoms with van der Waals surface area (Å²) < 4.78 is 0. The minimum absolute atomic E-state index is 0.598. The standard InChI is InChI=1S/C9H20N2/c1-7(10-3)8(2)11(4)9-5-6-9/h7-10H,5-6H2,1-4H3. The molecule has 0 bridgehead atoms. The quantitative estimate of drug-likeness (QED) is 0.655. The number of nitrogens with one attached hydrogen (secondary N) is 1. The maximum atomic E-state index is 3.29. The van der Waals surface area contributed by atoms with Crippen LogP contribution in [0.25, 0.3) is 0 Å². The van der Waals surface area contributed by atoms with E-state index in [4.69, 9.17) is 0 Å². The maximum absolute atomic E-state index is 3.29. The van der Waals surface area contributed by atoms with E-state index in [1.807, 2.05) is 7.05 Å². The Labute approximate surface area is 70.0 Å². The second kappa shape index (κ2) is 3.55. The molecule has 2 unspecified atom stereocenters. The van der Waals surface area contributed by atoms with E-state index < -0.39 is 0 Å². The Bertz CT molecular complexity index is 121. The van der Waals surface area contributed by atoms with Gasteiger partial charge in [0.05, 0.1) is 0 Å². The molecule has 0 aliphatic heterocycles. The topological polar surface area (TPSA) is 15.3 Å². The van der Waals surface area contributed by atoms with Gasteiger partial charge in [0.25, 0.3) is 0 Å². The Hall–Kier alpha value is -0.0800. The molecule has 66 valence electrons. The van der Waals surface area contributed by atoms with E-state index in [1.165, 1.54) is 12.8 Å². The van der Waals surface area contributed by atoms with Gasteiger partial charge in [-0.25, -0.2) is 0 Å². The van der Waals surface area contributed by atoms with Crippen LogP contribution in [0, 0.1) is 0 Å². The monoisotopic (exact) mass is 156 g/mol. The molecule has 0 heterocycles. The zero-order valence-corrected chi connectivity index (χ0v) is 8.09. The van der Waals surface area contributed by atoms with Gasteiger partial charge in [0.15, 0.2) is 0 Å². The lowest BCUT2D eigenvalue weighted by molar-refractivity contribution is 0.210. The third-order valence-electron chi connectivity index (χ3n) is 2.94.